The Labute approximate surface area is 134 Å². The van der Waals surface area contributed by atoms with E-state index in [1.165, 1.54) is 0 Å². The molecule has 2 aromatic rings. The third-order valence-corrected chi connectivity index (χ3v) is 4.14. The minimum Gasteiger partial charge on any atom is -0.368 e. The topological polar surface area (TPSA) is 89.4 Å². The molecular weight excluding hydrogens is 290 g/mol. The predicted molar refractivity (Wildman–Crippen MR) is 89.1 cm³/mol. The van der Waals surface area contributed by atoms with Gasteiger partial charge in [-0.2, -0.15) is 0 Å². The molecule has 1 aliphatic heterocycles. The van der Waals surface area contributed by atoms with Crippen LogP contribution in [0.25, 0.3) is 0 Å². The first-order chi connectivity index (χ1) is 11.1. The van der Waals surface area contributed by atoms with E-state index in [-0.39, 0.29) is 5.91 Å². The van der Waals surface area contributed by atoms with Gasteiger partial charge in [-0.15, -0.1) is 0 Å². The number of hydrogen-bond donors (Lipinski definition) is 2. The van der Waals surface area contributed by atoms with Crippen LogP contribution in [0.3, 0.4) is 0 Å². The molecule has 4 N–H and O–H groups in total. The summed E-state index contributed by atoms with van der Waals surface area (Å²) in [6.07, 6.45) is 1.16. The van der Waals surface area contributed by atoms with Crippen molar-refractivity contribution in [3.8, 4) is 0 Å². The molecular formula is C18H19N3O2. The third kappa shape index (κ3) is 3.10. The lowest BCUT2D eigenvalue weighted by atomic mass is 9.94. The minimum absolute atomic E-state index is 0.00296. The maximum absolute atomic E-state index is 12.7. The number of para-hydroxylation sites is 1. The van der Waals surface area contributed by atoms with Crippen molar-refractivity contribution in [1.82, 2.24) is 0 Å². The number of anilines is 1. The second-order valence-electron chi connectivity index (χ2n) is 5.75. The van der Waals surface area contributed by atoms with Crippen LogP contribution in [0.4, 0.5) is 5.69 Å². The van der Waals surface area contributed by atoms with Crippen LogP contribution in [0.2, 0.25) is 0 Å². The van der Waals surface area contributed by atoms with Crippen LogP contribution in [0.1, 0.15) is 21.5 Å². The van der Waals surface area contributed by atoms with E-state index in [1.54, 1.807) is 4.90 Å². The fourth-order valence-corrected chi connectivity index (χ4v) is 2.88. The monoisotopic (exact) mass is 309 g/mol. The summed E-state index contributed by atoms with van der Waals surface area (Å²) in [6.45, 7) is 0.640. The zero-order chi connectivity index (χ0) is 16.4. The van der Waals surface area contributed by atoms with Crippen LogP contribution >= 0.6 is 0 Å². The molecule has 0 aliphatic carbocycles. The highest BCUT2D eigenvalue weighted by Crippen LogP contribution is 2.25. The van der Waals surface area contributed by atoms with Gasteiger partial charge in [0.1, 0.15) is 0 Å². The van der Waals surface area contributed by atoms with Gasteiger partial charge in [0, 0.05) is 17.8 Å². The molecule has 2 amide bonds. The first-order valence-electron chi connectivity index (χ1n) is 7.60. The van der Waals surface area contributed by atoms with Crippen molar-refractivity contribution in [3.63, 3.8) is 0 Å². The summed E-state index contributed by atoms with van der Waals surface area (Å²) in [5.74, 6) is -0.516. The molecule has 1 aliphatic rings. The number of amides is 2. The number of benzene rings is 2. The maximum atomic E-state index is 12.7. The quantitative estimate of drug-likeness (QED) is 0.890. The van der Waals surface area contributed by atoms with Gasteiger partial charge in [0.25, 0.3) is 5.91 Å². The molecule has 118 valence electrons. The number of fused-ring (bicyclic) bond motifs is 1. The van der Waals surface area contributed by atoms with E-state index < -0.39 is 11.9 Å². The van der Waals surface area contributed by atoms with E-state index in [9.17, 15) is 9.59 Å². The third-order valence-electron chi connectivity index (χ3n) is 4.14. The number of carbonyl (C=O) groups is 2. The number of hydrogen-bond acceptors (Lipinski definition) is 3. The van der Waals surface area contributed by atoms with Crippen molar-refractivity contribution in [1.29, 1.82) is 0 Å². The molecule has 1 heterocycles. The van der Waals surface area contributed by atoms with Gasteiger partial charge in [0.15, 0.2) is 0 Å². The second kappa shape index (κ2) is 6.22. The van der Waals surface area contributed by atoms with Gasteiger partial charge in [-0.25, -0.2) is 0 Å². The van der Waals surface area contributed by atoms with Crippen molar-refractivity contribution in [2.24, 2.45) is 11.5 Å². The maximum Gasteiger partial charge on any atom is 0.258 e. The fourth-order valence-electron chi connectivity index (χ4n) is 2.88. The summed E-state index contributed by atoms with van der Waals surface area (Å²) in [5, 5.41) is 0. The lowest BCUT2D eigenvalue weighted by Crippen LogP contribution is -2.39. The van der Waals surface area contributed by atoms with Gasteiger partial charge in [0.2, 0.25) is 5.91 Å². The SMILES string of the molecule is NC(=O)[C@@H](N)Cc1ccc2c(c1)CCN(c1ccccc1)C2=O. The summed E-state index contributed by atoms with van der Waals surface area (Å²) in [4.78, 5) is 25.6. The van der Waals surface area contributed by atoms with Gasteiger partial charge in [-0.3, -0.25) is 9.59 Å². The molecule has 5 nitrogen and oxygen atoms in total. The molecule has 0 saturated carbocycles. The first kappa shape index (κ1) is 15.2. The Morgan fingerprint density at radius 3 is 2.61 bits per heavy atom. The summed E-state index contributed by atoms with van der Waals surface area (Å²) < 4.78 is 0. The van der Waals surface area contributed by atoms with E-state index >= 15 is 0 Å². The van der Waals surface area contributed by atoms with E-state index in [2.05, 4.69) is 0 Å². The molecule has 2 aromatic carbocycles. The molecule has 0 saturated heterocycles. The largest absolute Gasteiger partial charge is 0.368 e. The normalized spacial score (nSPS) is 15.2. The van der Waals surface area contributed by atoms with E-state index in [0.29, 0.717) is 18.5 Å². The van der Waals surface area contributed by atoms with Crippen LogP contribution in [-0.2, 0) is 17.6 Å². The Balaban J connectivity index is 1.84. The molecule has 23 heavy (non-hydrogen) atoms. The average Bonchev–Trinajstić information content (AvgIpc) is 2.56. The number of carbonyl (C=O) groups excluding carboxylic acids is 2. The van der Waals surface area contributed by atoms with Crippen molar-refractivity contribution < 1.29 is 9.59 Å². The summed E-state index contributed by atoms with van der Waals surface area (Å²) in [5.41, 5.74) is 14.4. The molecule has 0 aromatic heterocycles. The lowest BCUT2D eigenvalue weighted by molar-refractivity contribution is -0.119. The molecule has 0 radical (unpaired) electrons. The number of primary amides is 1. The first-order valence-corrected chi connectivity index (χ1v) is 7.60. The molecule has 0 fully saturated rings. The van der Waals surface area contributed by atoms with Gasteiger partial charge in [-0.05, 0) is 42.2 Å². The number of nitrogens with two attached hydrogens (primary N) is 2. The van der Waals surface area contributed by atoms with Gasteiger partial charge in [-0.1, -0.05) is 30.3 Å². The van der Waals surface area contributed by atoms with Crippen LogP contribution in [0, 0.1) is 0 Å². The highest BCUT2D eigenvalue weighted by atomic mass is 16.2. The Morgan fingerprint density at radius 2 is 1.91 bits per heavy atom. The Kier molecular flexibility index (Phi) is 4.12. The number of nitrogens with zero attached hydrogens (tertiary/aromatic N) is 1. The lowest BCUT2D eigenvalue weighted by Gasteiger charge is -2.29. The highest BCUT2D eigenvalue weighted by molar-refractivity contribution is 6.08. The van der Waals surface area contributed by atoms with Crippen LogP contribution in [0.15, 0.2) is 48.5 Å². The number of rotatable bonds is 4. The molecule has 3 rings (SSSR count). The van der Waals surface area contributed by atoms with Gasteiger partial charge >= 0.3 is 0 Å². The van der Waals surface area contributed by atoms with Crippen molar-refractivity contribution >= 4 is 17.5 Å². The summed E-state index contributed by atoms with van der Waals surface area (Å²) >= 11 is 0. The van der Waals surface area contributed by atoms with E-state index in [1.807, 2.05) is 48.5 Å². The molecule has 0 unspecified atom stereocenters. The van der Waals surface area contributed by atoms with Gasteiger partial charge < -0.3 is 16.4 Å². The average molecular weight is 309 g/mol. The van der Waals surface area contributed by atoms with Crippen molar-refractivity contribution in [3.05, 3.63) is 65.2 Å². The molecule has 0 bridgehead atoms. The highest BCUT2D eigenvalue weighted by Gasteiger charge is 2.25. The van der Waals surface area contributed by atoms with Crippen LogP contribution < -0.4 is 16.4 Å². The second-order valence-corrected chi connectivity index (χ2v) is 5.75. The molecule has 1 atom stereocenters. The summed E-state index contributed by atoms with van der Waals surface area (Å²) in [6, 6.07) is 14.6. The van der Waals surface area contributed by atoms with Crippen LogP contribution in [-0.4, -0.2) is 24.4 Å². The minimum atomic E-state index is -0.701. The van der Waals surface area contributed by atoms with Crippen molar-refractivity contribution in [2.75, 3.05) is 11.4 Å². The fraction of sp³-hybridized carbons (Fsp3) is 0.222. The summed E-state index contributed by atoms with van der Waals surface area (Å²) in [7, 11) is 0. The standard InChI is InChI=1S/C18H19N3O2/c19-16(17(20)22)11-12-6-7-15-13(10-12)8-9-21(18(15)23)14-4-2-1-3-5-14/h1-7,10,16H,8-9,11,19H2,(H2,20,22)/t16-/m0/s1. The van der Waals surface area contributed by atoms with Crippen molar-refractivity contribution in [2.45, 2.75) is 18.9 Å². The zero-order valence-corrected chi connectivity index (χ0v) is 12.7. The Bertz CT molecular complexity index is 743. The smallest absolute Gasteiger partial charge is 0.258 e. The zero-order valence-electron chi connectivity index (χ0n) is 12.7. The van der Waals surface area contributed by atoms with Gasteiger partial charge in [0.05, 0.1) is 6.04 Å². The molecule has 0 spiro atoms. The Morgan fingerprint density at radius 1 is 1.17 bits per heavy atom. The Hall–Kier alpha value is -2.66. The molecule has 5 heteroatoms. The predicted octanol–water partition coefficient (Wildman–Crippen LogP) is 1.24. The van der Waals surface area contributed by atoms with E-state index in [0.717, 1.165) is 23.2 Å². The van der Waals surface area contributed by atoms with E-state index in [4.69, 9.17) is 11.5 Å². The van der Waals surface area contributed by atoms with Crippen LogP contribution in [0.5, 0.6) is 0 Å².